The molecule has 1 fully saturated rings. The minimum absolute atomic E-state index is 0. The highest BCUT2D eigenvalue weighted by molar-refractivity contribution is 5.96. The van der Waals surface area contributed by atoms with E-state index in [-0.39, 0.29) is 30.1 Å². The maximum absolute atomic E-state index is 12.8. The number of carbonyl (C=O) groups is 2. The summed E-state index contributed by atoms with van der Waals surface area (Å²) in [5.74, 6) is -0.558. The smallest absolute Gasteiger partial charge is 0.338 e. The number of phenolic OH excluding ortho intramolecular Hbond substituents is 1. The molecule has 31 heavy (non-hydrogen) atoms. The maximum atomic E-state index is 12.8. The van der Waals surface area contributed by atoms with Gasteiger partial charge in [-0.25, -0.2) is 4.79 Å². The van der Waals surface area contributed by atoms with Crippen LogP contribution in [0.5, 0.6) is 5.75 Å². The van der Waals surface area contributed by atoms with Crippen LogP contribution in [0.2, 0.25) is 0 Å². The Bertz CT molecular complexity index is 1050. The van der Waals surface area contributed by atoms with Crippen molar-refractivity contribution < 1.29 is 19.4 Å². The number of hydrogen-bond donors (Lipinski definition) is 3. The molecule has 3 aromatic carbocycles. The fourth-order valence-electron chi connectivity index (χ4n) is 3.69. The maximum Gasteiger partial charge on any atom is 0.338 e. The first-order valence-corrected chi connectivity index (χ1v) is 10.1. The highest BCUT2D eigenvalue weighted by Gasteiger charge is 2.29. The Hall–Kier alpha value is -3.09. The fourth-order valence-corrected chi connectivity index (χ4v) is 3.69. The standard InChI is InChI=1S/C24H24N2O4.ClH/c27-20-11-9-17(10-12-20)23(28)26-21-15-25-13-3-6-22(21)30-24(29)19-8-7-16-4-1-2-5-18(16)14-19;/h1-2,4-5,7-12,14,21-22,25,27H,3,6,13,15H2,(H,26,28);1H/t21-,22-;/m1./s1. The monoisotopic (exact) mass is 440 g/mol. The lowest BCUT2D eigenvalue weighted by molar-refractivity contribution is 0.0192. The minimum atomic E-state index is -0.431. The van der Waals surface area contributed by atoms with E-state index in [0.29, 0.717) is 24.1 Å². The molecule has 0 unspecified atom stereocenters. The molecular formula is C24H25ClN2O4. The Labute approximate surface area is 187 Å². The summed E-state index contributed by atoms with van der Waals surface area (Å²) in [4.78, 5) is 25.4. The van der Waals surface area contributed by atoms with E-state index in [1.807, 2.05) is 36.4 Å². The van der Waals surface area contributed by atoms with Crippen molar-refractivity contribution in [2.45, 2.75) is 25.0 Å². The third-order valence-corrected chi connectivity index (χ3v) is 5.34. The van der Waals surface area contributed by atoms with Crippen LogP contribution in [0.15, 0.2) is 66.7 Å². The van der Waals surface area contributed by atoms with Gasteiger partial charge in [-0.05, 0) is 66.6 Å². The average Bonchev–Trinajstić information content (AvgIpc) is 2.98. The molecule has 1 amide bonds. The topological polar surface area (TPSA) is 87.7 Å². The summed E-state index contributed by atoms with van der Waals surface area (Å²) in [7, 11) is 0. The van der Waals surface area contributed by atoms with Gasteiger partial charge in [0.25, 0.3) is 5.91 Å². The van der Waals surface area contributed by atoms with Crippen LogP contribution in [0.4, 0.5) is 0 Å². The number of hydrogen-bond acceptors (Lipinski definition) is 5. The zero-order valence-electron chi connectivity index (χ0n) is 16.9. The summed E-state index contributed by atoms with van der Waals surface area (Å²) in [6.45, 7) is 1.31. The van der Waals surface area contributed by atoms with Crippen molar-refractivity contribution in [1.82, 2.24) is 10.6 Å². The first-order valence-electron chi connectivity index (χ1n) is 10.1. The van der Waals surface area contributed by atoms with Crippen LogP contribution in [0, 0.1) is 0 Å². The number of rotatable bonds is 4. The largest absolute Gasteiger partial charge is 0.508 e. The molecule has 1 heterocycles. The van der Waals surface area contributed by atoms with Gasteiger partial charge in [0.1, 0.15) is 11.9 Å². The van der Waals surface area contributed by atoms with Crippen LogP contribution in [-0.2, 0) is 4.74 Å². The van der Waals surface area contributed by atoms with E-state index in [4.69, 9.17) is 4.74 Å². The van der Waals surface area contributed by atoms with Crippen LogP contribution in [0.25, 0.3) is 10.8 Å². The second-order valence-corrected chi connectivity index (χ2v) is 7.48. The zero-order valence-corrected chi connectivity index (χ0v) is 17.7. The first-order chi connectivity index (χ1) is 14.6. The van der Waals surface area contributed by atoms with Gasteiger partial charge in [-0.1, -0.05) is 30.3 Å². The van der Waals surface area contributed by atoms with Crippen molar-refractivity contribution in [2.24, 2.45) is 0 Å². The Balaban J connectivity index is 0.00000272. The van der Waals surface area contributed by atoms with Crippen molar-refractivity contribution in [3.05, 3.63) is 77.9 Å². The summed E-state index contributed by atoms with van der Waals surface area (Å²) in [6.07, 6.45) is 1.08. The summed E-state index contributed by atoms with van der Waals surface area (Å²) >= 11 is 0. The fraction of sp³-hybridized carbons (Fsp3) is 0.250. The van der Waals surface area contributed by atoms with Gasteiger partial charge in [-0.15, -0.1) is 12.4 Å². The molecule has 6 nitrogen and oxygen atoms in total. The van der Waals surface area contributed by atoms with Crippen LogP contribution in [0.3, 0.4) is 0 Å². The molecule has 0 radical (unpaired) electrons. The molecular weight excluding hydrogens is 416 g/mol. The molecule has 0 aromatic heterocycles. The molecule has 1 saturated heterocycles. The lowest BCUT2D eigenvalue weighted by atomic mass is 10.1. The van der Waals surface area contributed by atoms with Crippen LogP contribution >= 0.6 is 12.4 Å². The summed E-state index contributed by atoms with van der Waals surface area (Å²) in [6, 6.07) is 19.1. The van der Waals surface area contributed by atoms with Gasteiger partial charge in [0, 0.05) is 12.1 Å². The van der Waals surface area contributed by atoms with Crippen LogP contribution in [0.1, 0.15) is 33.6 Å². The van der Waals surface area contributed by atoms with E-state index in [1.165, 1.54) is 12.1 Å². The number of carbonyl (C=O) groups excluding carboxylic acids is 2. The van der Waals surface area contributed by atoms with Crippen LogP contribution < -0.4 is 10.6 Å². The Morgan fingerprint density at radius 3 is 2.45 bits per heavy atom. The second-order valence-electron chi connectivity index (χ2n) is 7.48. The van der Waals surface area contributed by atoms with Gasteiger partial charge in [0.05, 0.1) is 11.6 Å². The summed E-state index contributed by atoms with van der Waals surface area (Å²) in [5.41, 5.74) is 0.936. The zero-order chi connectivity index (χ0) is 20.9. The quantitative estimate of drug-likeness (QED) is 0.539. The number of benzene rings is 3. The highest BCUT2D eigenvalue weighted by Crippen LogP contribution is 2.19. The molecule has 7 heteroatoms. The SMILES string of the molecule is Cl.O=C(N[C@@H]1CNCCC[C@H]1OC(=O)c1ccc2ccccc2c1)c1ccc(O)cc1. The van der Waals surface area contributed by atoms with Crippen molar-refractivity contribution in [3.8, 4) is 5.75 Å². The van der Waals surface area contributed by atoms with Gasteiger partial charge < -0.3 is 20.5 Å². The van der Waals surface area contributed by atoms with Gasteiger partial charge in [0.15, 0.2) is 0 Å². The third kappa shape index (κ3) is 5.54. The minimum Gasteiger partial charge on any atom is -0.508 e. The van der Waals surface area contributed by atoms with E-state index in [9.17, 15) is 14.7 Å². The molecule has 1 aliphatic rings. The number of esters is 1. The summed E-state index contributed by atoms with van der Waals surface area (Å²) in [5, 5.41) is 17.7. The molecule has 0 aliphatic carbocycles. The lowest BCUT2D eigenvalue weighted by Crippen LogP contribution is -2.49. The predicted octanol–water partition coefficient (Wildman–Crippen LogP) is 3.67. The van der Waals surface area contributed by atoms with E-state index >= 15 is 0 Å². The second kappa shape index (κ2) is 10.3. The van der Waals surface area contributed by atoms with E-state index in [2.05, 4.69) is 10.6 Å². The average molecular weight is 441 g/mol. The number of phenols is 1. The first kappa shape index (κ1) is 22.6. The number of aromatic hydroxyl groups is 1. The molecule has 4 rings (SSSR count). The molecule has 0 bridgehead atoms. The normalized spacial score (nSPS) is 18.5. The number of amides is 1. The van der Waals surface area contributed by atoms with Gasteiger partial charge in [-0.3, -0.25) is 4.79 Å². The van der Waals surface area contributed by atoms with E-state index in [1.54, 1.807) is 18.2 Å². The number of ether oxygens (including phenoxy) is 1. The van der Waals surface area contributed by atoms with Gasteiger partial charge in [-0.2, -0.15) is 0 Å². The molecule has 0 saturated carbocycles. The van der Waals surface area contributed by atoms with E-state index < -0.39 is 12.1 Å². The lowest BCUT2D eigenvalue weighted by Gasteiger charge is -2.26. The van der Waals surface area contributed by atoms with Crippen molar-refractivity contribution >= 4 is 35.1 Å². The summed E-state index contributed by atoms with van der Waals surface area (Å²) < 4.78 is 5.84. The molecule has 3 aromatic rings. The van der Waals surface area contributed by atoms with Gasteiger partial charge in [0.2, 0.25) is 0 Å². The molecule has 3 N–H and O–H groups in total. The van der Waals surface area contributed by atoms with Crippen molar-refractivity contribution in [3.63, 3.8) is 0 Å². The molecule has 0 spiro atoms. The predicted molar refractivity (Wildman–Crippen MR) is 122 cm³/mol. The van der Waals surface area contributed by atoms with Crippen LogP contribution in [-0.4, -0.2) is 42.2 Å². The Morgan fingerprint density at radius 1 is 0.968 bits per heavy atom. The third-order valence-electron chi connectivity index (χ3n) is 5.34. The molecule has 1 aliphatic heterocycles. The Morgan fingerprint density at radius 2 is 1.68 bits per heavy atom. The van der Waals surface area contributed by atoms with E-state index in [0.717, 1.165) is 23.7 Å². The molecule has 162 valence electrons. The molecule has 2 atom stereocenters. The Kier molecular flexibility index (Phi) is 7.50. The van der Waals surface area contributed by atoms with Crippen molar-refractivity contribution in [1.29, 1.82) is 0 Å². The van der Waals surface area contributed by atoms with Gasteiger partial charge >= 0.3 is 5.97 Å². The number of nitrogens with one attached hydrogen (secondary N) is 2. The highest BCUT2D eigenvalue weighted by atomic mass is 35.5. The number of halogens is 1. The van der Waals surface area contributed by atoms with Crippen molar-refractivity contribution in [2.75, 3.05) is 13.1 Å². The number of fused-ring (bicyclic) bond motifs is 1.